The van der Waals surface area contributed by atoms with Crippen LogP contribution in [0.4, 0.5) is 37.7 Å². The van der Waals surface area contributed by atoms with Gasteiger partial charge in [0, 0.05) is 5.69 Å². The van der Waals surface area contributed by atoms with Gasteiger partial charge < -0.3 is 5.73 Å². The Labute approximate surface area is 132 Å². The molecule has 9 heteroatoms. The summed E-state index contributed by atoms with van der Waals surface area (Å²) in [7, 11) is 0. The normalized spacial score (nSPS) is 11.4. The zero-order chi connectivity index (χ0) is 17.7. The number of hydrogen-bond donors (Lipinski definition) is 2. The molecule has 126 valence electrons. The highest BCUT2D eigenvalue weighted by Gasteiger charge is 2.30. The van der Waals surface area contributed by atoms with E-state index >= 15 is 0 Å². The molecule has 0 amide bonds. The summed E-state index contributed by atoms with van der Waals surface area (Å²) in [6, 6.07) is 10.3. The number of nitrogens with two attached hydrogens (primary N) is 1. The SMILES string of the molecule is FC(F)(F)Nc1ccccc1.Nc1cc(C(F)(F)F)ccc1Cl. The second kappa shape index (κ2) is 7.45. The van der Waals surface area contributed by atoms with Crippen molar-refractivity contribution in [1.29, 1.82) is 0 Å². The Hall–Kier alpha value is -2.09. The van der Waals surface area contributed by atoms with Crippen LogP contribution in [0.1, 0.15) is 5.56 Å². The van der Waals surface area contributed by atoms with Gasteiger partial charge in [-0.2, -0.15) is 26.3 Å². The Morgan fingerprint density at radius 1 is 0.870 bits per heavy atom. The molecule has 0 spiro atoms. The van der Waals surface area contributed by atoms with E-state index in [4.69, 9.17) is 17.3 Å². The van der Waals surface area contributed by atoms with E-state index in [1.165, 1.54) is 29.6 Å². The molecule has 2 aromatic carbocycles. The molecule has 0 aliphatic heterocycles. The summed E-state index contributed by atoms with van der Waals surface area (Å²) in [5.74, 6) is 0. The Kier molecular flexibility index (Phi) is 6.14. The van der Waals surface area contributed by atoms with Crippen molar-refractivity contribution in [1.82, 2.24) is 0 Å². The van der Waals surface area contributed by atoms with Crippen LogP contribution in [0.5, 0.6) is 0 Å². The van der Waals surface area contributed by atoms with Crippen LogP contribution in [-0.2, 0) is 6.18 Å². The number of rotatable bonds is 1. The van der Waals surface area contributed by atoms with Crippen molar-refractivity contribution in [3.05, 3.63) is 59.1 Å². The number of halogens is 7. The number of benzene rings is 2. The van der Waals surface area contributed by atoms with Gasteiger partial charge in [-0.25, -0.2) is 0 Å². The summed E-state index contributed by atoms with van der Waals surface area (Å²) >= 11 is 5.44. The summed E-state index contributed by atoms with van der Waals surface area (Å²) in [6.45, 7) is 0. The molecule has 0 aliphatic rings. The molecule has 0 saturated carbocycles. The standard InChI is InChI=1S/C7H5ClF3N.C7H6F3N/c8-5-2-1-4(3-6(5)12)7(9,10)11;8-7(9,10)11-6-4-2-1-3-5-6/h1-3H,12H2;1-5,11H. The number of hydrogen-bond acceptors (Lipinski definition) is 2. The molecular weight excluding hydrogens is 346 g/mol. The van der Waals surface area contributed by atoms with E-state index in [-0.39, 0.29) is 16.4 Å². The van der Waals surface area contributed by atoms with Crippen molar-refractivity contribution in [2.24, 2.45) is 0 Å². The topological polar surface area (TPSA) is 38.0 Å². The summed E-state index contributed by atoms with van der Waals surface area (Å²) in [5, 5.41) is 1.51. The van der Waals surface area contributed by atoms with Crippen LogP contribution in [0.3, 0.4) is 0 Å². The van der Waals surface area contributed by atoms with Gasteiger partial charge >= 0.3 is 12.5 Å². The van der Waals surface area contributed by atoms with Gasteiger partial charge in [0.15, 0.2) is 0 Å². The molecule has 0 radical (unpaired) electrons. The lowest BCUT2D eigenvalue weighted by molar-refractivity contribution is -0.137. The van der Waals surface area contributed by atoms with Crippen molar-refractivity contribution >= 4 is 23.0 Å². The summed E-state index contributed by atoms with van der Waals surface area (Å²) in [5.41, 5.74) is 4.39. The van der Waals surface area contributed by atoms with Crippen LogP contribution < -0.4 is 11.1 Å². The summed E-state index contributed by atoms with van der Waals surface area (Å²) in [6.07, 6.45) is -8.71. The molecule has 0 bridgehead atoms. The molecule has 2 aromatic rings. The van der Waals surface area contributed by atoms with Crippen molar-refractivity contribution in [2.45, 2.75) is 12.5 Å². The second-order valence-corrected chi connectivity index (χ2v) is 4.63. The number of anilines is 2. The molecule has 0 fully saturated rings. The zero-order valence-corrected chi connectivity index (χ0v) is 12.1. The molecule has 0 aromatic heterocycles. The van der Waals surface area contributed by atoms with Crippen molar-refractivity contribution < 1.29 is 26.3 Å². The predicted octanol–water partition coefficient (Wildman–Crippen LogP) is 5.56. The average molecular weight is 357 g/mol. The molecule has 2 rings (SSSR count). The first-order valence-corrected chi connectivity index (χ1v) is 6.39. The first kappa shape index (κ1) is 19.0. The molecule has 3 N–H and O–H groups in total. The Morgan fingerprint density at radius 2 is 1.43 bits per heavy atom. The van der Waals surface area contributed by atoms with Crippen LogP contribution in [0.15, 0.2) is 48.5 Å². The van der Waals surface area contributed by atoms with Gasteiger partial charge in [-0.15, -0.1) is 0 Å². The minimum Gasteiger partial charge on any atom is -0.398 e. The summed E-state index contributed by atoms with van der Waals surface area (Å²) in [4.78, 5) is 0. The molecule has 0 atom stereocenters. The van der Waals surface area contributed by atoms with E-state index in [9.17, 15) is 26.3 Å². The van der Waals surface area contributed by atoms with Gasteiger partial charge in [0.2, 0.25) is 0 Å². The predicted molar refractivity (Wildman–Crippen MR) is 77.0 cm³/mol. The third-order valence-electron chi connectivity index (χ3n) is 2.38. The fourth-order valence-electron chi connectivity index (χ4n) is 1.41. The fourth-order valence-corrected chi connectivity index (χ4v) is 1.52. The average Bonchev–Trinajstić information content (AvgIpc) is 2.40. The first-order chi connectivity index (χ1) is 10.5. The van der Waals surface area contributed by atoms with Crippen molar-refractivity contribution in [3.8, 4) is 0 Å². The second-order valence-electron chi connectivity index (χ2n) is 4.22. The zero-order valence-electron chi connectivity index (χ0n) is 11.3. The van der Waals surface area contributed by atoms with Crippen LogP contribution in [0, 0.1) is 0 Å². The van der Waals surface area contributed by atoms with E-state index in [1.807, 2.05) is 0 Å². The number of nitrogens with one attached hydrogen (secondary N) is 1. The van der Waals surface area contributed by atoms with Gasteiger partial charge in [-0.1, -0.05) is 29.8 Å². The van der Waals surface area contributed by atoms with E-state index in [0.717, 1.165) is 18.2 Å². The Morgan fingerprint density at radius 3 is 1.87 bits per heavy atom. The van der Waals surface area contributed by atoms with Gasteiger partial charge in [0.1, 0.15) is 0 Å². The molecule has 0 unspecified atom stereocenters. The molecule has 0 aliphatic carbocycles. The Balaban J connectivity index is 0.000000231. The number of nitrogen functional groups attached to an aromatic ring is 1. The van der Waals surface area contributed by atoms with Gasteiger partial charge in [0.05, 0.1) is 16.3 Å². The quantitative estimate of drug-likeness (QED) is 0.399. The minimum atomic E-state index is -4.36. The lowest BCUT2D eigenvalue weighted by Gasteiger charge is -2.08. The minimum absolute atomic E-state index is 0.0556. The van der Waals surface area contributed by atoms with Gasteiger partial charge in [-0.05, 0) is 30.3 Å². The molecule has 0 heterocycles. The van der Waals surface area contributed by atoms with Crippen LogP contribution >= 0.6 is 11.6 Å². The van der Waals surface area contributed by atoms with E-state index in [1.54, 1.807) is 6.07 Å². The van der Waals surface area contributed by atoms with E-state index < -0.39 is 18.0 Å². The highest BCUT2D eigenvalue weighted by molar-refractivity contribution is 6.33. The Bertz CT molecular complexity index is 625. The summed E-state index contributed by atoms with van der Waals surface area (Å²) < 4.78 is 70.9. The third kappa shape index (κ3) is 7.14. The van der Waals surface area contributed by atoms with E-state index in [0.29, 0.717) is 0 Å². The number of alkyl halides is 6. The maximum absolute atomic E-state index is 12.0. The van der Waals surface area contributed by atoms with Crippen LogP contribution in [0.2, 0.25) is 5.02 Å². The van der Waals surface area contributed by atoms with E-state index in [2.05, 4.69) is 0 Å². The molecule has 0 saturated heterocycles. The monoisotopic (exact) mass is 356 g/mol. The molecule has 23 heavy (non-hydrogen) atoms. The van der Waals surface area contributed by atoms with Crippen LogP contribution in [0.25, 0.3) is 0 Å². The van der Waals surface area contributed by atoms with Crippen molar-refractivity contribution in [3.63, 3.8) is 0 Å². The maximum Gasteiger partial charge on any atom is 0.482 e. The highest BCUT2D eigenvalue weighted by Crippen LogP contribution is 2.32. The fraction of sp³-hybridized carbons (Fsp3) is 0.143. The van der Waals surface area contributed by atoms with Crippen LogP contribution in [-0.4, -0.2) is 6.30 Å². The van der Waals surface area contributed by atoms with Crippen molar-refractivity contribution in [2.75, 3.05) is 11.1 Å². The molecular formula is C14H11ClF6N2. The lowest BCUT2D eigenvalue weighted by Crippen LogP contribution is -2.20. The van der Waals surface area contributed by atoms with Gasteiger partial charge in [0.25, 0.3) is 0 Å². The molecule has 2 nitrogen and oxygen atoms in total. The highest BCUT2D eigenvalue weighted by atomic mass is 35.5. The maximum atomic E-state index is 12.0. The third-order valence-corrected chi connectivity index (χ3v) is 2.73. The lowest BCUT2D eigenvalue weighted by atomic mass is 10.2. The largest absolute Gasteiger partial charge is 0.482 e. The first-order valence-electron chi connectivity index (χ1n) is 6.01. The van der Waals surface area contributed by atoms with Gasteiger partial charge in [-0.3, -0.25) is 5.32 Å². The number of para-hydroxylation sites is 1. The smallest absolute Gasteiger partial charge is 0.398 e.